The van der Waals surface area contributed by atoms with Gasteiger partial charge in [-0.1, -0.05) is 23.2 Å². The fourth-order valence-electron chi connectivity index (χ4n) is 1.94. The van der Waals surface area contributed by atoms with Gasteiger partial charge in [-0.3, -0.25) is 9.59 Å². The van der Waals surface area contributed by atoms with E-state index in [0.717, 1.165) is 0 Å². The monoisotopic (exact) mass is 301 g/mol. The summed E-state index contributed by atoms with van der Waals surface area (Å²) < 4.78 is 0. The van der Waals surface area contributed by atoms with Gasteiger partial charge in [0.2, 0.25) is 5.91 Å². The van der Waals surface area contributed by atoms with E-state index in [2.05, 4.69) is 4.98 Å². The molecule has 5 nitrogen and oxygen atoms in total. The maximum absolute atomic E-state index is 12.3. The van der Waals surface area contributed by atoms with Crippen LogP contribution in [0.4, 0.5) is 0 Å². The second-order valence-corrected chi connectivity index (χ2v) is 5.06. The Morgan fingerprint density at radius 1 is 1.11 bits per heavy atom. The molecule has 102 valence electrons. The predicted octanol–water partition coefficient (Wildman–Crippen LogP) is 1.69. The lowest BCUT2D eigenvalue weighted by Gasteiger charge is -2.34. The number of piperazine rings is 1. The number of carbonyl (C=O) groups excluding carboxylic acids is 2. The van der Waals surface area contributed by atoms with Crippen molar-refractivity contribution >= 4 is 35.0 Å². The molecule has 1 saturated heterocycles. The lowest BCUT2D eigenvalue weighted by atomic mass is 10.2. The van der Waals surface area contributed by atoms with E-state index in [-0.39, 0.29) is 27.7 Å². The maximum atomic E-state index is 12.3. The topological polar surface area (TPSA) is 53.5 Å². The second kappa shape index (κ2) is 5.75. The van der Waals surface area contributed by atoms with Gasteiger partial charge in [0.15, 0.2) is 0 Å². The van der Waals surface area contributed by atoms with Crippen LogP contribution in [0, 0.1) is 0 Å². The van der Waals surface area contributed by atoms with Crippen molar-refractivity contribution in [2.45, 2.75) is 6.92 Å². The largest absolute Gasteiger partial charge is 0.339 e. The Morgan fingerprint density at radius 2 is 1.68 bits per heavy atom. The summed E-state index contributed by atoms with van der Waals surface area (Å²) in [6, 6.07) is 3.09. The molecule has 0 saturated carbocycles. The van der Waals surface area contributed by atoms with Crippen LogP contribution in [0.1, 0.15) is 17.4 Å². The highest BCUT2D eigenvalue weighted by molar-refractivity contribution is 6.34. The molecule has 2 rings (SSSR count). The zero-order chi connectivity index (χ0) is 14.0. The number of hydrogen-bond acceptors (Lipinski definition) is 3. The second-order valence-electron chi connectivity index (χ2n) is 4.26. The Kier molecular flexibility index (Phi) is 4.27. The molecule has 1 aliphatic heterocycles. The van der Waals surface area contributed by atoms with Crippen LogP contribution in [0.3, 0.4) is 0 Å². The fraction of sp³-hybridized carbons (Fsp3) is 0.417. The van der Waals surface area contributed by atoms with Gasteiger partial charge in [0.25, 0.3) is 5.91 Å². The molecule has 1 fully saturated rings. The van der Waals surface area contributed by atoms with Crippen molar-refractivity contribution in [1.29, 1.82) is 0 Å². The number of halogens is 2. The van der Waals surface area contributed by atoms with Crippen LogP contribution in [0.25, 0.3) is 0 Å². The van der Waals surface area contributed by atoms with E-state index in [1.54, 1.807) is 15.9 Å². The summed E-state index contributed by atoms with van der Waals surface area (Å²) in [5, 5.41) is 0.513. The highest BCUT2D eigenvalue weighted by Crippen LogP contribution is 2.19. The van der Waals surface area contributed by atoms with Crippen molar-refractivity contribution < 1.29 is 9.59 Å². The zero-order valence-electron chi connectivity index (χ0n) is 10.4. The van der Waals surface area contributed by atoms with Crippen molar-refractivity contribution in [1.82, 2.24) is 14.8 Å². The molecule has 19 heavy (non-hydrogen) atoms. The fourth-order valence-corrected chi connectivity index (χ4v) is 2.28. The lowest BCUT2D eigenvalue weighted by Crippen LogP contribution is -2.50. The minimum atomic E-state index is -0.254. The van der Waals surface area contributed by atoms with Crippen molar-refractivity contribution in [2.75, 3.05) is 26.2 Å². The van der Waals surface area contributed by atoms with Crippen molar-refractivity contribution in [2.24, 2.45) is 0 Å². The molecule has 0 aromatic carbocycles. The Hall–Kier alpha value is -1.33. The number of aromatic nitrogens is 1. The van der Waals surface area contributed by atoms with E-state index in [1.165, 1.54) is 13.0 Å². The first-order valence-corrected chi connectivity index (χ1v) is 6.61. The van der Waals surface area contributed by atoms with Crippen LogP contribution >= 0.6 is 23.2 Å². The van der Waals surface area contributed by atoms with E-state index in [1.807, 2.05) is 0 Å². The molecular weight excluding hydrogens is 289 g/mol. The first-order chi connectivity index (χ1) is 8.99. The number of pyridine rings is 1. The van der Waals surface area contributed by atoms with E-state index in [0.29, 0.717) is 26.2 Å². The smallest absolute Gasteiger partial charge is 0.274 e. The van der Waals surface area contributed by atoms with Crippen LogP contribution in [0.5, 0.6) is 0 Å². The SMILES string of the molecule is CC(=O)N1CCN(C(=O)c2nc(Cl)ccc2Cl)CC1. The van der Waals surface area contributed by atoms with Crippen LogP contribution in [-0.4, -0.2) is 52.8 Å². The molecular formula is C12H13Cl2N3O2. The summed E-state index contributed by atoms with van der Waals surface area (Å²) in [7, 11) is 0. The summed E-state index contributed by atoms with van der Waals surface area (Å²) in [5.41, 5.74) is 0.158. The Bertz CT molecular complexity index is 514. The molecule has 0 aliphatic carbocycles. The molecule has 2 heterocycles. The van der Waals surface area contributed by atoms with Crippen molar-refractivity contribution in [3.8, 4) is 0 Å². The number of hydrogen-bond donors (Lipinski definition) is 0. The van der Waals surface area contributed by atoms with Gasteiger partial charge in [-0.05, 0) is 12.1 Å². The summed E-state index contributed by atoms with van der Waals surface area (Å²) in [6.45, 7) is 3.53. The van der Waals surface area contributed by atoms with Crippen LogP contribution in [-0.2, 0) is 4.79 Å². The molecule has 0 radical (unpaired) electrons. The summed E-state index contributed by atoms with van der Waals surface area (Å²) in [4.78, 5) is 30.8. The van der Waals surface area contributed by atoms with Crippen LogP contribution in [0.2, 0.25) is 10.2 Å². The van der Waals surface area contributed by atoms with E-state index >= 15 is 0 Å². The molecule has 0 spiro atoms. The van der Waals surface area contributed by atoms with Gasteiger partial charge in [0.1, 0.15) is 10.8 Å². The molecule has 0 atom stereocenters. The third kappa shape index (κ3) is 3.16. The molecule has 0 unspecified atom stereocenters. The zero-order valence-corrected chi connectivity index (χ0v) is 11.9. The average Bonchev–Trinajstić information content (AvgIpc) is 2.41. The number of rotatable bonds is 1. The van der Waals surface area contributed by atoms with E-state index in [9.17, 15) is 9.59 Å². The lowest BCUT2D eigenvalue weighted by molar-refractivity contribution is -0.130. The van der Waals surface area contributed by atoms with E-state index in [4.69, 9.17) is 23.2 Å². The van der Waals surface area contributed by atoms with Gasteiger partial charge in [-0.2, -0.15) is 0 Å². The minimum absolute atomic E-state index is 0.0195. The first kappa shape index (κ1) is 14.1. The predicted molar refractivity (Wildman–Crippen MR) is 72.4 cm³/mol. The third-order valence-corrected chi connectivity index (χ3v) is 3.54. The maximum Gasteiger partial charge on any atom is 0.274 e. The summed E-state index contributed by atoms with van der Waals surface area (Å²) in [6.07, 6.45) is 0. The number of carbonyl (C=O) groups is 2. The third-order valence-electron chi connectivity index (χ3n) is 3.03. The first-order valence-electron chi connectivity index (χ1n) is 5.86. The molecule has 1 aromatic heterocycles. The van der Waals surface area contributed by atoms with Gasteiger partial charge in [0, 0.05) is 33.1 Å². The van der Waals surface area contributed by atoms with E-state index < -0.39 is 0 Å². The van der Waals surface area contributed by atoms with Crippen molar-refractivity contribution in [3.05, 3.63) is 28.0 Å². The highest BCUT2D eigenvalue weighted by Gasteiger charge is 2.25. The molecule has 2 amide bonds. The normalized spacial score (nSPS) is 15.5. The Balaban J connectivity index is 2.09. The standard InChI is InChI=1S/C12H13Cl2N3O2/c1-8(18)16-4-6-17(7-5-16)12(19)11-9(13)2-3-10(14)15-11/h2-3H,4-7H2,1H3. The van der Waals surface area contributed by atoms with Gasteiger partial charge < -0.3 is 9.80 Å². The van der Waals surface area contributed by atoms with Crippen molar-refractivity contribution in [3.63, 3.8) is 0 Å². The Labute approximate surface area is 121 Å². The minimum Gasteiger partial charge on any atom is -0.339 e. The van der Waals surface area contributed by atoms with Gasteiger partial charge in [-0.15, -0.1) is 0 Å². The summed E-state index contributed by atoms with van der Waals surface area (Å²) >= 11 is 11.7. The average molecular weight is 302 g/mol. The highest BCUT2D eigenvalue weighted by atomic mass is 35.5. The summed E-state index contributed by atoms with van der Waals surface area (Å²) in [5.74, 6) is -0.235. The quantitative estimate of drug-likeness (QED) is 0.742. The van der Waals surface area contributed by atoms with Crippen LogP contribution < -0.4 is 0 Å². The molecule has 1 aromatic rings. The van der Waals surface area contributed by atoms with Gasteiger partial charge >= 0.3 is 0 Å². The number of amides is 2. The van der Waals surface area contributed by atoms with Gasteiger partial charge in [0.05, 0.1) is 5.02 Å². The van der Waals surface area contributed by atoms with Gasteiger partial charge in [-0.25, -0.2) is 4.98 Å². The molecule has 0 bridgehead atoms. The molecule has 7 heteroatoms. The Morgan fingerprint density at radius 3 is 2.26 bits per heavy atom. The number of nitrogens with zero attached hydrogens (tertiary/aromatic N) is 3. The molecule has 0 N–H and O–H groups in total. The molecule has 1 aliphatic rings. The van der Waals surface area contributed by atoms with Crippen LogP contribution in [0.15, 0.2) is 12.1 Å².